The van der Waals surface area contributed by atoms with Gasteiger partial charge in [0.25, 0.3) is 0 Å². The third-order valence-electron chi connectivity index (χ3n) is 1.33. The fraction of sp³-hybridized carbons (Fsp3) is 0.111. The molecule has 0 heterocycles. The largest absolute Gasteiger partial charge is 0.0985 e. The number of rotatable bonds is 1. The average molecular weight is 117 g/mol. The van der Waals surface area contributed by atoms with Crippen LogP contribution in [-0.2, 0) is 0 Å². The van der Waals surface area contributed by atoms with Gasteiger partial charge in [-0.15, -0.1) is 0 Å². The Morgan fingerprint density at radius 2 is 2.44 bits per heavy atom. The van der Waals surface area contributed by atoms with Gasteiger partial charge in [-0.25, -0.2) is 0 Å². The Hall–Kier alpha value is -1.04. The van der Waals surface area contributed by atoms with E-state index in [-0.39, 0.29) is 0 Å². The number of hydrogen-bond donors (Lipinski definition) is 0. The van der Waals surface area contributed by atoms with Crippen LogP contribution in [0.25, 0.3) is 6.08 Å². The zero-order valence-corrected chi connectivity index (χ0v) is 5.52. The molecule has 0 N–H and O–H groups in total. The van der Waals surface area contributed by atoms with E-state index in [4.69, 9.17) is 0 Å². The van der Waals surface area contributed by atoms with E-state index in [2.05, 4.69) is 12.6 Å². The molecule has 0 aromatic heterocycles. The Bertz CT molecular complexity index is 211. The molecule has 9 heavy (non-hydrogen) atoms. The Kier molecular flexibility index (Phi) is 1.69. The van der Waals surface area contributed by atoms with Crippen molar-refractivity contribution >= 4 is 6.08 Å². The minimum Gasteiger partial charge on any atom is -0.0985 e. The minimum atomic E-state index is 1.19. The van der Waals surface area contributed by atoms with Gasteiger partial charge < -0.3 is 0 Å². The molecule has 0 unspecified atom stereocenters. The molecule has 1 radical (unpaired) electrons. The van der Waals surface area contributed by atoms with Crippen LogP contribution < -0.4 is 0 Å². The maximum absolute atomic E-state index is 3.68. The van der Waals surface area contributed by atoms with Gasteiger partial charge in [-0.3, -0.25) is 0 Å². The molecule has 0 aliphatic rings. The highest BCUT2D eigenvalue weighted by Gasteiger charge is 1.87. The summed E-state index contributed by atoms with van der Waals surface area (Å²) in [5.41, 5.74) is 2.42. The molecule has 1 aromatic rings. The van der Waals surface area contributed by atoms with Gasteiger partial charge >= 0.3 is 0 Å². The van der Waals surface area contributed by atoms with E-state index < -0.39 is 0 Å². The predicted octanol–water partition coefficient (Wildman–Crippen LogP) is 2.44. The Labute approximate surface area is 55.8 Å². The van der Waals surface area contributed by atoms with Crippen molar-refractivity contribution in [1.29, 1.82) is 0 Å². The van der Waals surface area contributed by atoms with Crippen LogP contribution in [0.2, 0.25) is 0 Å². The van der Waals surface area contributed by atoms with Crippen molar-refractivity contribution in [3.8, 4) is 0 Å². The van der Waals surface area contributed by atoms with E-state index >= 15 is 0 Å². The second-order valence-electron chi connectivity index (χ2n) is 1.99. The summed E-state index contributed by atoms with van der Waals surface area (Å²) < 4.78 is 0. The van der Waals surface area contributed by atoms with Gasteiger partial charge in [-0.2, -0.15) is 0 Å². The van der Waals surface area contributed by atoms with Crippen LogP contribution >= 0.6 is 0 Å². The molecule has 0 amide bonds. The summed E-state index contributed by atoms with van der Waals surface area (Å²) in [6.07, 6.45) is 1.85. The fourth-order valence-corrected chi connectivity index (χ4v) is 0.755. The topological polar surface area (TPSA) is 0 Å². The van der Waals surface area contributed by atoms with Crippen LogP contribution in [0.15, 0.2) is 24.8 Å². The first-order chi connectivity index (χ1) is 4.34. The highest BCUT2D eigenvalue weighted by atomic mass is 13.9. The first kappa shape index (κ1) is 6.09. The molecule has 0 saturated heterocycles. The van der Waals surface area contributed by atoms with E-state index in [1.807, 2.05) is 31.2 Å². The first-order valence-electron chi connectivity index (χ1n) is 2.93. The van der Waals surface area contributed by atoms with Crippen LogP contribution in [0.5, 0.6) is 0 Å². The van der Waals surface area contributed by atoms with E-state index in [0.717, 1.165) is 0 Å². The predicted molar refractivity (Wildman–Crippen MR) is 40.1 cm³/mol. The number of hydrogen-bond acceptors (Lipinski definition) is 0. The van der Waals surface area contributed by atoms with Gasteiger partial charge in [0.15, 0.2) is 0 Å². The molecule has 0 heteroatoms. The molecule has 0 aliphatic carbocycles. The third kappa shape index (κ3) is 1.20. The van der Waals surface area contributed by atoms with Crippen LogP contribution in [0.1, 0.15) is 11.1 Å². The Morgan fingerprint density at radius 1 is 1.67 bits per heavy atom. The highest BCUT2D eigenvalue weighted by molar-refractivity contribution is 5.50. The summed E-state index contributed by atoms with van der Waals surface area (Å²) in [6.45, 7) is 5.73. The van der Waals surface area contributed by atoms with Gasteiger partial charge in [0.05, 0.1) is 0 Å². The molecule has 0 atom stereocenters. The second-order valence-corrected chi connectivity index (χ2v) is 1.99. The summed E-state index contributed by atoms with van der Waals surface area (Å²) in [7, 11) is 0. The lowest BCUT2D eigenvalue weighted by atomic mass is 10.1. The van der Waals surface area contributed by atoms with Crippen LogP contribution in [0.4, 0.5) is 0 Å². The van der Waals surface area contributed by atoms with Crippen molar-refractivity contribution < 1.29 is 0 Å². The van der Waals surface area contributed by atoms with Crippen LogP contribution in [-0.4, -0.2) is 0 Å². The molecule has 0 spiro atoms. The number of benzene rings is 1. The summed E-state index contributed by atoms with van der Waals surface area (Å²) >= 11 is 0. The maximum Gasteiger partial charge on any atom is -0.0181 e. The van der Waals surface area contributed by atoms with E-state index in [9.17, 15) is 0 Å². The van der Waals surface area contributed by atoms with Gasteiger partial charge in [0.2, 0.25) is 0 Å². The molecule has 0 fully saturated rings. The summed E-state index contributed by atoms with van der Waals surface area (Å²) in [5.74, 6) is 0. The van der Waals surface area contributed by atoms with Gasteiger partial charge in [0, 0.05) is 0 Å². The number of aryl methyl sites for hydroxylation is 1. The summed E-state index contributed by atoms with van der Waals surface area (Å²) in [4.78, 5) is 0. The van der Waals surface area contributed by atoms with Crippen molar-refractivity contribution in [1.82, 2.24) is 0 Å². The molecule has 45 valence electrons. The van der Waals surface area contributed by atoms with Crippen molar-refractivity contribution in [2.45, 2.75) is 6.92 Å². The van der Waals surface area contributed by atoms with E-state index in [1.165, 1.54) is 11.1 Å². The molecule has 1 rings (SSSR count). The first-order valence-corrected chi connectivity index (χ1v) is 2.93. The fourth-order valence-electron chi connectivity index (χ4n) is 0.755. The van der Waals surface area contributed by atoms with E-state index in [1.54, 1.807) is 0 Å². The molecular weight excluding hydrogens is 108 g/mol. The van der Waals surface area contributed by atoms with Crippen LogP contribution in [0.3, 0.4) is 0 Å². The Balaban J connectivity index is 3.15. The van der Waals surface area contributed by atoms with Crippen molar-refractivity contribution in [3.63, 3.8) is 0 Å². The molecule has 0 bridgehead atoms. The summed E-state index contributed by atoms with van der Waals surface area (Å²) in [5, 5.41) is 0. The molecule has 0 nitrogen and oxygen atoms in total. The average Bonchev–Trinajstić information content (AvgIpc) is 1.89. The van der Waals surface area contributed by atoms with Gasteiger partial charge in [0.1, 0.15) is 0 Å². The zero-order valence-electron chi connectivity index (χ0n) is 5.52. The molecular formula is C9H9. The van der Waals surface area contributed by atoms with Crippen molar-refractivity contribution in [2.24, 2.45) is 0 Å². The lowest BCUT2D eigenvalue weighted by Gasteiger charge is -1.94. The Morgan fingerprint density at radius 3 is 2.89 bits per heavy atom. The lowest BCUT2D eigenvalue weighted by molar-refractivity contribution is 1.44. The standard InChI is InChI=1S/C9H9/c1-3-9-7-5-4-6-8(9)2/h3,5-7H,1H2,2H3. The highest BCUT2D eigenvalue weighted by Crippen LogP contribution is 2.06. The zero-order chi connectivity index (χ0) is 6.69. The van der Waals surface area contributed by atoms with Crippen molar-refractivity contribution in [2.75, 3.05) is 0 Å². The lowest BCUT2D eigenvalue weighted by Crippen LogP contribution is -1.75. The second kappa shape index (κ2) is 2.49. The third-order valence-corrected chi connectivity index (χ3v) is 1.33. The molecule has 0 aliphatic heterocycles. The van der Waals surface area contributed by atoms with Gasteiger partial charge in [-0.1, -0.05) is 30.9 Å². The normalized spacial score (nSPS) is 9.00. The van der Waals surface area contributed by atoms with E-state index in [0.29, 0.717) is 0 Å². The SMILES string of the molecule is C=Cc1cc[c]cc1C. The molecule has 1 aromatic carbocycles. The van der Waals surface area contributed by atoms with Crippen LogP contribution in [0, 0.1) is 13.0 Å². The smallest absolute Gasteiger partial charge is 0.0181 e. The summed E-state index contributed by atoms with van der Waals surface area (Å²) in [6, 6.07) is 8.84. The molecule has 0 saturated carbocycles. The monoisotopic (exact) mass is 117 g/mol. The van der Waals surface area contributed by atoms with Crippen molar-refractivity contribution in [3.05, 3.63) is 42.0 Å². The minimum absolute atomic E-state index is 1.19. The van der Waals surface area contributed by atoms with Gasteiger partial charge in [-0.05, 0) is 24.1 Å². The maximum atomic E-state index is 3.68. The quantitative estimate of drug-likeness (QED) is 0.530.